The molecule has 1 saturated carbocycles. The van der Waals surface area contributed by atoms with Crippen LogP contribution < -0.4 is 0 Å². The van der Waals surface area contributed by atoms with Crippen molar-refractivity contribution in [1.29, 1.82) is 0 Å². The lowest BCUT2D eigenvalue weighted by Gasteiger charge is -2.50. The minimum atomic E-state index is -1.13. The fourth-order valence-corrected chi connectivity index (χ4v) is 7.54. The zero-order valence-electron chi connectivity index (χ0n) is 12.8. The summed E-state index contributed by atoms with van der Waals surface area (Å²) in [6.07, 6.45) is 4.38. The Kier molecular flexibility index (Phi) is 5.28. The van der Waals surface area contributed by atoms with Gasteiger partial charge in [-0.3, -0.25) is 0 Å². The molecule has 5 heteroatoms. The van der Waals surface area contributed by atoms with Crippen molar-refractivity contribution >= 4 is 58.3 Å². The summed E-state index contributed by atoms with van der Waals surface area (Å²) in [4.78, 5) is 0. The van der Waals surface area contributed by atoms with Gasteiger partial charge >= 0.3 is 0 Å². The fourth-order valence-electron chi connectivity index (χ4n) is 2.85. The highest BCUT2D eigenvalue weighted by Crippen LogP contribution is 2.61. The average molecular weight is 376 g/mol. The van der Waals surface area contributed by atoms with Crippen LogP contribution in [-0.2, 0) is 0 Å². The average Bonchev–Trinajstić information content (AvgIpc) is 2.32. The summed E-state index contributed by atoms with van der Waals surface area (Å²) < 4.78 is -0.746. The number of hydrogen-bond acceptors (Lipinski definition) is 2. The highest BCUT2D eigenvalue weighted by Gasteiger charge is 2.51. The summed E-state index contributed by atoms with van der Waals surface area (Å²) in [7, 11) is 0. The van der Waals surface area contributed by atoms with Crippen LogP contribution in [0.5, 0.6) is 0 Å². The third-order valence-electron chi connectivity index (χ3n) is 5.12. The highest BCUT2D eigenvalue weighted by atomic mass is 35.6. The summed E-state index contributed by atoms with van der Waals surface area (Å²) >= 11 is 22.9. The third kappa shape index (κ3) is 3.72. The molecule has 2 fully saturated rings. The maximum absolute atomic E-state index is 6.18. The first-order valence-corrected chi connectivity index (χ1v) is 10.4. The molecule has 0 amide bonds. The van der Waals surface area contributed by atoms with Crippen LogP contribution in [0.1, 0.15) is 53.4 Å². The van der Waals surface area contributed by atoms with E-state index >= 15 is 0 Å². The predicted molar refractivity (Wildman–Crippen MR) is 97.5 cm³/mol. The molecule has 2 aliphatic rings. The summed E-state index contributed by atoms with van der Waals surface area (Å²) in [6, 6.07) is 0. The van der Waals surface area contributed by atoms with Gasteiger partial charge < -0.3 is 0 Å². The van der Waals surface area contributed by atoms with Crippen LogP contribution >= 0.6 is 58.3 Å². The molecule has 1 saturated heterocycles. The second-order valence-corrected chi connectivity index (χ2v) is 13.0. The maximum Gasteiger partial charge on any atom is 0.195 e. The van der Waals surface area contributed by atoms with E-state index in [0.717, 1.165) is 18.8 Å². The second-order valence-electron chi connectivity index (χ2n) is 7.65. The molecule has 0 aromatic carbocycles. The Labute approximate surface area is 147 Å². The molecule has 2 rings (SSSR count). The molecule has 1 aliphatic carbocycles. The molecule has 20 heavy (non-hydrogen) atoms. The van der Waals surface area contributed by atoms with Crippen LogP contribution in [0.3, 0.4) is 0 Å². The van der Waals surface area contributed by atoms with Crippen molar-refractivity contribution in [3.63, 3.8) is 0 Å². The molecule has 0 atom stereocenters. The van der Waals surface area contributed by atoms with Crippen LogP contribution in [0, 0.1) is 16.7 Å². The molecule has 1 aliphatic heterocycles. The van der Waals surface area contributed by atoms with E-state index in [1.165, 1.54) is 24.3 Å². The van der Waals surface area contributed by atoms with Gasteiger partial charge in [-0.2, -0.15) is 0 Å². The van der Waals surface area contributed by atoms with Crippen molar-refractivity contribution in [2.24, 2.45) is 16.7 Å². The third-order valence-corrected chi connectivity index (χ3v) is 10.2. The van der Waals surface area contributed by atoms with E-state index < -0.39 is 3.79 Å². The van der Waals surface area contributed by atoms with Crippen molar-refractivity contribution in [1.82, 2.24) is 0 Å². The monoisotopic (exact) mass is 374 g/mol. The predicted octanol–water partition coefficient (Wildman–Crippen LogP) is 6.78. The fraction of sp³-hybridized carbons (Fsp3) is 1.00. The number of halogens is 3. The molecular formula is C15H25Cl3S2. The van der Waals surface area contributed by atoms with Gasteiger partial charge in [-0.05, 0) is 48.5 Å². The SMILES string of the molecule is CC(C)(C)C1CSC2(CCC(C)(C(Cl)(Cl)Cl)CC2)SC1. The Balaban J connectivity index is 1.95. The molecule has 0 N–H and O–H groups in total. The van der Waals surface area contributed by atoms with Crippen LogP contribution in [0.4, 0.5) is 0 Å². The van der Waals surface area contributed by atoms with Crippen molar-refractivity contribution in [3.05, 3.63) is 0 Å². The van der Waals surface area contributed by atoms with Gasteiger partial charge in [0.1, 0.15) is 0 Å². The minimum absolute atomic E-state index is 0.162. The van der Waals surface area contributed by atoms with E-state index in [9.17, 15) is 0 Å². The minimum Gasteiger partial charge on any atom is -0.144 e. The smallest absolute Gasteiger partial charge is 0.144 e. The Hall–Kier alpha value is 1.57. The second kappa shape index (κ2) is 5.89. The van der Waals surface area contributed by atoms with Gasteiger partial charge in [-0.15, -0.1) is 23.5 Å². The van der Waals surface area contributed by atoms with Gasteiger partial charge in [0.2, 0.25) is 0 Å². The zero-order valence-corrected chi connectivity index (χ0v) is 16.7. The largest absolute Gasteiger partial charge is 0.195 e. The first-order chi connectivity index (χ1) is 8.98. The van der Waals surface area contributed by atoms with Crippen LogP contribution in [-0.4, -0.2) is 19.4 Å². The topological polar surface area (TPSA) is 0 Å². The summed E-state index contributed by atoms with van der Waals surface area (Å²) in [6.45, 7) is 9.20. The first-order valence-electron chi connectivity index (χ1n) is 7.32. The maximum atomic E-state index is 6.18. The first kappa shape index (κ1) is 17.9. The number of thioether (sulfide) groups is 2. The van der Waals surface area contributed by atoms with E-state index in [2.05, 4.69) is 51.2 Å². The molecule has 0 aromatic heterocycles. The van der Waals surface area contributed by atoms with Gasteiger partial charge in [-0.25, -0.2) is 0 Å². The van der Waals surface area contributed by atoms with Crippen LogP contribution in [0.15, 0.2) is 0 Å². The molecule has 1 spiro atoms. The van der Waals surface area contributed by atoms with E-state index in [4.69, 9.17) is 34.8 Å². The van der Waals surface area contributed by atoms with E-state index in [0.29, 0.717) is 9.49 Å². The van der Waals surface area contributed by atoms with Crippen molar-refractivity contribution in [2.45, 2.75) is 61.2 Å². The van der Waals surface area contributed by atoms with E-state index in [1.807, 2.05) is 0 Å². The highest BCUT2D eigenvalue weighted by molar-refractivity contribution is 8.18. The quantitative estimate of drug-likeness (QED) is 0.428. The van der Waals surface area contributed by atoms with Gasteiger partial charge in [0.15, 0.2) is 3.79 Å². The van der Waals surface area contributed by atoms with Crippen molar-refractivity contribution in [2.75, 3.05) is 11.5 Å². The lowest BCUT2D eigenvalue weighted by molar-refractivity contribution is 0.214. The Bertz CT molecular complexity index is 339. The van der Waals surface area contributed by atoms with Gasteiger partial charge in [0, 0.05) is 5.41 Å². The molecule has 0 unspecified atom stereocenters. The van der Waals surface area contributed by atoms with Crippen molar-refractivity contribution in [3.8, 4) is 0 Å². The standard InChI is InChI=1S/C15H25Cl3S2/c1-12(2,3)11-9-19-14(20-10-11)7-5-13(4,6-8-14)15(16,17)18/h11H,5-10H2,1-4H3. The summed E-state index contributed by atoms with van der Waals surface area (Å²) in [5.74, 6) is 3.37. The lowest BCUT2D eigenvalue weighted by atomic mass is 9.76. The Morgan fingerprint density at radius 2 is 1.35 bits per heavy atom. The molecule has 0 nitrogen and oxygen atoms in total. The van der Waals surface area contributed by atoms with E-state index in [1.54, 1.807) is 0 Å². The normalized spacial score (nSPS) is 40.0. The van der Waals surface area contributed by atoms with Gasteiger partial charge in [-0.1, -0.05) is 62.5 Å². The number of alkyl halides is 3. The molecule has 0 radical (unpaired) electrons. The number of hydrogen-bond donors (Lipinski definition) is 0. The lowest BCUT2D eigenvalue weighted by Crippen LogP contribution is -2.43. The molecule has 118 valence electrons. The molecule has 0 aromatic rings. The molecule has 0 bridgehead atoms. The van der Waals surface area contributed by atoms with Crippen molar-refractivity contribution < 1.29 is 0 Å². The summed E-state index contributed by atoms with van der Waals surface area (Å²) in [5, 5.41) is 0. The molecule has 1 heterocycles. The van der Waals surface area contributed by atoms with Crippen LogP contribution in [0.2, 0.25) is 0 Å². The van der Waals surface area contributed by atoms with E-state index in [-0.39, 0.29) is 5.41 Å². The van der Waals surface area contributed by atoms with Gasteiger partial charge in [0.05, 0.1) is 4.08 Å². The summed E-state index contributed by atoms with van der Waals surface area (Å²) in [5.41, 5.74) is 0.257. The van der Waals surface area contributed by atoms with Gasteiger partial charge in [0.25, 0.3) is 0 Å². The number of rotatable bonds is 0. The Morgan fingerprint density at radius 1 is 0.900 bits per heavy atom. The molecular weight excluding hydrogens is 351 g/mol. The van der Waals surface area contributed by atoms with Crippen LogP contribution in [0.25, 0.3) is 0 Å². The Morgan fingerprint density at radius 3 is 1.70 bits per heavy atom. The zero-order chi connectivity index (χ0) is 15.2.